The second-order valence-electron chi connectivity index (χ2n) is 2.89. The summed E-state index contributed by atoms with van der Waals surface area (Å²) in [6.07, 6.45) is 8.62. The largest absolute Gasteiger partial charge is 0.303 e. The molecule has 1 saturated carbocycles. The molecule has 0 aliphatic heterocycles. The zero-order chi connectivity index (χ0) is 6.53. The van der Waals surface area contributed by atoms with Gasteiger partial charge in [0.25, 0.3) is 0 Å². The van der Waals surface area contributed by atoms with E-state index < -0.39 is 0 Å². The Morgan fingerprint density at radius 2 is 1.50 bits per heavy atom. The Morgan fingerprint density at radius 3 is 1.90 bits per heavy atom. The molecule has 10 heavy (non-hydrogen) atoms. The maximum Gasteiger partial charge on any atom is 0.123 e. The van der Waals surface area contributed by atoms with Gasteiger partial charge in [0, 0.05) is 5.92 Å². The van der Waals surface area contributed by atoms with Crippen LogP contribution in [0.3, 0.4) is 0 Å². The molecule has 1 aliphatic rings. The van der Waals surface area contributed by atoms with Crippen LogP contribution in [-0.2, 0) is 4.79 Å². The Labute approximate surface area is 63.8 Å². The maximum absolute atomic E-state index is 10.3. The molecule has 60 valence electrons. The fourth-order valence-electron chi connectivity index (χ4n) is 1.45. The summed E-state index contributed by atoms with van der Waals surface area (Å²) in [6, 6.07) is 0. The standard InChI is InChI=1S/C8H14O.CH4/c9-7-8-5-3-1-2-4-6-8;/h7-8H,1-6H2;1H4. The lowest BCUT2D eigenvalue weighted by Gasteiger charge is -2.01. The van der Waals surface area contributed by atoms with E-state index in [0.29, 0.717) is 5.92 Å². The second-order valence-corrected chi connectivity index (χ2v) is 2.89. The minimum atomic E-state index is 0. The molecule has 1 rings (SSSR count). The smallest absolute Gasteiger partial charge is 0.123 e. The molecule has 0 aromatic carbocycles. The lowest BCUT2D eigenvalue weighted by atomic mass is 10.0. The zero-order valence-electron chi connectivity index (χ0n) is 5.81. The molecule has 0 amide bonds. The summed E-state index contributed by atoms with van der Waals surface area (Å²) >= 11 is 0. The minimum absolute atomic E-state index is 0. The van der Waals surface area contributed by atoms with Gasteiger partial charge >= 0.3 is 0 Å². The van der Waals surface area contributed by atoms with Crippen molar-refractivity contribution in [3.05, 3.63) is 0 Å². The molecule has 0 spiro atoms. The van der Waals surface area contributed by atoms with Crippen LogP contribution in [-0.4, -0.2) is 6.29 Å². The molecule has 0 saturated heterocycles. The van der Waals surface area contributed by atoms with E-state index in [-0.39, 0.29) is 7.43 Å². The molecule has 0 N–H and O–H groups in total. The molecule has 0 atom stereocenters. The summed E-state index contributed by atoms with van der Waals surface area (Å²) in [5.74, 6) is 0.396. The van der Waals surface area contributed by atoms with Crippen LogP contribution in [0.1, 0.15) is 46.0 Å². The molecule has 0 aromatic heterocycles. The van der Waals surface area contributed by atoms with Gasteiger partial charge in [0.15, 0.2) is 0 Å². The summed E-state index contributed by atoms with van der Waals surface area (Å²) in [5, 5.41) is 0. The van der Waals surface area contributed by atoms with Crippen molar-refractivity contribution in [1.29, 1.82) is 0 Å². The van der Waals surface area contributed by atoms with Crippen LogP contribution in [0.4, 0.5) is 0 Å². The minimum Gasteiger partial charge on any atom is -0.303 e. The third kappa shape index (κ3) is 3.00. The number of rotatable bonds is 1. The van der Waals surface area contributed by atoms with Crippen molar-refractivity contribution >= 4 is 6.29 Å². The van der Waals surface area contributed by atoms with Crippen LogP contribution in [0.25, 0.3) is 0 Å². The molecule has 1 heteroatoms. The molecular formula is C9H18O. The average Bonchev–Trinajstić information content (AvgIpc) is 2.13. The van der Waals surface area contributed by atoms with Gasteiger partial charge in [-0.05, 0) is 12.8 Å². The molecule has 1 nitrogen and oxygen atoms in total. The van der Waals surface area contributed by atoms with Crippen molar-refractivity contribution in [2.75, 3.05) is 0 Å². The monoisotopic (exact) mass is 142 g/mol. The Balaban J connectivity index is 0.000000810. The van der Waals surface area contributed by atoms with Crippen molar-refractivity contribution in [2.24, 2.45) is 5.92 Å². The average molecular weight is 142 g/mol. The van der Waals surface area contributed by atoms with Crippen LogP contribution in [0, 0.1) is 5.92 Å². The van der Waals surface area contributed by atoms with E-state index >= 15 is 0 Å². The van der Waals surface area contributed by atoms with E-state index in [1.165, 1.54) is 25.7 Å². The molecule has 1 aliphatic carbocycles. The van der Waals surface area contributed by atoms with Gasteiger partial charge in [0.05, 0.1) is 0 Å². The highest BCUT2D eigenvalue weighted by molar-refractivity contribution is 5.53. The molecular weight excluding hydrogens is 124 g/mol. The topological polar surface area (TPSA) is 17.1 Å². The highest BCUT2D eigenvalue weighted by Gasteiger charge is 2.09. The summed E-state index contributed by atoms with van der Waals surface area (Å²) in [4.78, 5) is 10.3. The van der Waals surface area contributed by atoms with E-state index in [2.05, 4.69) is 0 Å². The normalized spacial score (nSPS) is 20.8. The highest BCUT2D eigenvalue weighted by atomic mass is 16.1. The van der Waals surface area contributed by atoms with E-state index in [0.717, 1.165) is 19.1 Å². The fraction of sp³-hybridized carbons (Fsp3) is 0.889. The SMILES string of the molecule is C.O=CC1CCCCCC1. The molecule has 0 radical (unpaired) electrons. The van der Waals surface area contributed by atoms with Crippen LogP contribution in [0.15, 0.2) is 0 Å². The van der Waals surface area contributed by atoms with Gasteiger partial charge in [0.2, 0.25) is 0 Å². The Hall–Kier alpha value is -0.330. The van der Waals surface area contributed by atoms with Crippen molar-refractivity contribution < 1.29 is 4.79 Å². The Morgan fingerprint density at radius 1 is 1.00 bits per heavy atom. The van der Waals surface area contributed by atoms with Gasteiger partial charge in [-0.25, -0.2) is 0 Å². The number of hydrogen-bond acceptors (Lipinski definition) is 1. The van der Waals surface area contributed by atoms with E-state index in [1.54, 1.807) is 0 Å². The van der Waals surface area contributed by atoms with E-state index in [9.17, 15) is 4.79 Å². The van der Waals surface area contributed by atoms with Crippen molar-refractivity contribution in [1.82, 2.24) is 0 Å². The van der Waals surface area contributed by atoms with Gasteiger partial charge in [-0.3, -0.25) is 0 Å². The molecule has 0 unspecified atom stereocenters. The quantitative estimate of drug-likeness (QED) is 0.406. The van der Waals surface area contributed by atoms with Crippen molar-refractivity contribution in [3.63, 3.8) is 0 Å². The van der Waals surface area contributed by atoms with Crippen LogP contribution in [0.2, 0.25) is 0 Å². The predicted molar refractivity (Wildman–Crippen MR) is 44.0 cm³/mol. The maximum atomic E-state index is 10.3. The molecule has 0 aromatic rings. The van der Waals surface area contributed by atoms with Gasteiger partial charge in [0.1, 0.15) is 6.29 Å². The first-order valence-electron chi connectivity index (χ1n) is 3.89. The van der Waals surface area contributed by atoms with Gasteiger partial charge in [-0.15, -0.1) is 0 Å². The predicted octanol–water partition coefficient (Wildman–Crippen LogP) is 2.79. The number of aldehydes is 1. The van der Waals surface area contributed by atoms with Gasteiger partial charge < -0.3 is 4.79 Å². The third-order valence-electron chi connectivity index (χ3n) is 2.09. The lowest BCUT2D eigenvalue weighted by molar-refractivity contribution is -0.111. The first kappa shape index (κ1) is 9.67. The summed E-state index contributed by atoms with van der Waals surface area (Å²) < 4.78 is 0. The first-order valence-corrected chi connectivity index (χ1v) is 3.89. The highest BCUT2D eigenvalue weighted by Crippen LogP contribution is 2.20. The van der Waals surface area contributed by atoms with Gasteiger partial charge in [-0.1, -0.05) is 33.1 Å². The fourth-order valence-corrected chi connectivity index (χ4v) is 1.45. The van der Waals surface area contributed by atoms with Crippen LogP contribution >= 0.6 is 0 Å². The first-order chi connectivity index (χ1) is 4.43. The molecule has 0 bridgehead atoms. The summed E-state index contributed by atoms with van der Waals surface area (Å²) in [6.45, 7) is 0. The molecule has 0 heterocycles. The van der Waals surface area contributed by atoms with Crippen LogP contribution in [0.5, 0.6) is 0 Å². The summed E-state index contributed by atoms with van der Waals surface area (Å²) in [5.41, 5.74) is 0. The third-order valence-corrected chi connectivity index (χ3v) is 2.09. The van der Waals surface area contributed by atoms with Crippen LogP contribution < -0.4 is 0 Å². The zero-order valence-corrected chi connectivity index (χ0v) is 5.81. The number of carbonyl (C=O) groups excluding carboxylic acids is 1. The van der Waals surface area contributed by atoms with Crippen molar-refractivity contribution in [2.45, 2.75) is 46.0 Å². The second kappa shape index (κ2) is 5.45. The Bertz CT molecular complexity index is 80.7. The number of hydrogen-bond donors (Lipinski definition) is 0. The summed E-state index contributed by atoms with van der Waals surface area (Å²) in [7, 11) is 0. The molecule has 1 fully saturated rings. The lowest BCUT2D eigenvalue weighted by Crippen LogP contribution is -1.98. The van der Waals surface area contributed by atoms with Crippen molar-refractivity contribution in [3.8, 4) is 0 Å². The number of carbonyl (C=O) groups is 1. The van der Waals surface area contributed by atoms with E-state index in [1.807, 2.05) is 0 Å². The van der Waals surface area contributed by atoms with E-state index in [4.69, 9.17) is 0 Å². The van der Waals surface area contributed by atoms with Gasteiger partial charge in [-0.2, -0.15) is 0 Å². The Kier molecular flexibility index (Phi) is 5.27.